The Morgan fingerprint density at radius 2 is 2.05 bits per heavy atom. The molecule has 0 radical (unpaired) electrons. The monoisotopic (exact) mass is 532 g/mol. The molecule has 4 aliphatic rings. The Kier molecular flexibility index (Phi) is 7.94. The van der Waals surface area contributed by atoms with Crippen LogP contribution in [0.5, 0.6) is 0 Å². The number of carbonyl (C=O) groups is 1. The molecule has 8 heteroatoms. The molecule has 4 unspecified atom stereocenters. The van der Waals surface area contributed by atoms with E-state index in [-0.39, 0.29) is 12.5 Å². The highest BCUT2D eigenvalue weighted by molar-refractivity contribution is 5.83. The number of halogens is 3. The SMILES string of the molecule is CC(C)CCC1(C(=O)N2CCc3ncc(C(F)(F)F)cc3C2)CCN(CC2CCC3C(C=CCN3C)C2)C1. The van der Waals surface area contributed by atoms with Gasteiger partial charge in [0.2, 0.25) is 5.91 Å². The maximum atomic E-state index is 14.1. The van der Waals surface area contributed by atoms with Gasteiger partial charge in [-0.25, -0.2) is 0 Å². The van der Waals surface area contributed by atoms with Gasteiger partial charge >= 0.3 is 6.18 Å². The van der Waals surface area contributed by atoms with Gasteiger partial charge in [0.15, 0.2) is 0 Å². The van der Waals surface area contributed by atoms with Gasteiger partial charge in [-0.05, 0) is 81.5 Å². The molecule has 38 heavy (non-hydrogen) atoms. The van der Waals surface area contributed by atoms with Crippen LogP contribution in [0.3, 0.4) is 0 Å². The molecule has 5 nitrogen and oxygen atoms in total. The van der Waals surface area contributed by atoms with E-state index in [1.165, 1.54) is 25.3 Å². The van der Waals surface area contributed by atoms with Gasteiger partial charge < -0.3 is 9.80 Å². The van der Waals surface area contributed by atoms with Gasteiger partial charge in [0.25, 0.3) is 0 Å². The first-order valence-corrected chi connectivity index (χ1v) is 14.5. The summed E-state index contributed by atoms with van der Waals surface area (Å²) in [5.41, 5.74) is 0.0413. The van der Waals surface area contributed by atoms with Crippen LogP contribution >= 0.6 is 0 Å². The molecule has 1 amide bonds. The number of fused-ring (bicyclic) bond motifs is 2. The van der Waals surface area contributed by atoms with Gasteiger partial charge in [-0.1, -0.05) is 26.0 Å². The molecule has 1 aliphatic carbocycles. The van der Waals surface area contributed by atoms with E-state index in [0.29, 0.717) is 48.0 Å². The Morgan fingerprint density at radius 1 is 1.24 bits per heavy atom. The third kappa shape index (κ3) is 5.81. The third-order valence-corrected chi connectivity index (χ3v) is 9.57. The highest BCUT2D eigenvalue weighted by Gasteiger charge is 2.47. The Balaban J connectivity index is 1.27. The lowest BCUT2D eigenvalue weighted by molar-refractivity contribution is -0.143. The lowest BCUT2D eigenvalue weighted by Gasteiger charge is -2.43. The van der Waals surface area contributed by atoms with Crippen LogP contribution in [-0.4, -0.2) is 71.4 Å². The van der Waals surface area contributed by atoms with E-state index in [9.17, 15) is 18.0 Å². The number of aromatic nitrogens is 1. The molecule has 5 rings (SSSR count). The average molecular weight is 533 g/mol. The normalized spacial score (nSPS) is 30.5. The van der Waals surface area contributed by atoms with Crippen molar-refractivity contribution >= 4 is 5.91 Å². The molecule has 0 N–H and O–H groups in total. The largest absolute Gasteiger partial charge is 0.417 e. The minimum Gasteiger partial charge on any atom is -0.337 e. The molecule has 4 heterocycles. The van der Waals surface area contributed by atoms with Gasteiger partial charge in [-0.3, -0.25) is 14.7 Å². The van der Waals surface area contributed by atoms with Crippen LogP contribution in [0.1, 0.15) is 69.2 Å². The van der Waals surface area contributed by atoms with Crippen molar-refractivity contribution in [3.63, 3.8) is 0 Å². The van der Waals surface area contributed by atoms with Gasteiger partial charge in [0, 0.05) is 57.1 Å². The van der Waals surface area contributed by atoms with Crippen LogP contribution < -0.4 is 0 Å². The van der Waals surface area contributed by atoms with Crippen molar-refractivity contribution in [3.8, 4) is 0 Å². The predicted molar refractivity (Wildman–Crippen MR) is 142 cm³/mol. The van der Waals surface area contributed by atoms with Crippen LogP contribution in [0.4, 0.5) is 13.2 Å². The molecule has 2 fully saturated rings. The number of rotatable bonds is 6. The molecule has 0 aromatic carbocycles. The molecule has 0 bridgehead atoms. The van der Waals surface area contributed by atoms with E-state index in [0.717, 1.165) is 51.6 Å². The first-order chi connectivity index (χ1) is 18.0. The number of nitrogens with zero attached hydrogens (tertiary/aromatic N) is 4. The summed E-state index contributed by atoms with van der Waals surface area (Å²) < 4.78 is 39.9. The Bertz CT molecular complexity index is 1040. The fourth-order valence-electron chi connectivity index (χ4n) is 7.36. The molecule has 3 aliphatic heterocycles. The zero-order chi connectivity index (χ0) is 27.1. The second-order valence-corrected chi connectivity index (χ2v) is 12.8. The van der Waals surface area contributed by atoms with Gasteiger partial charge in [0.05, 0.1) is 11.0 Å². The summed E-state index contributed by atoms with van der Waals surface area (Å²) in [5, 5.41) is 0. The van der Waals surface area contributed by atoms with Gasteiger partial charge in [0.1, 0.15) is 0 Å². The molecular weight excluding hydrogens is 489 g/mol. The van der Waals surface area contributed by atoms with Crippen molar-refractivity contribution in [2.75, 3.05) is 39.8 Å². The fourth-order valence-corrected chi connectivity index (χ4v) is 7.36. The maximum Gasteiger partial charge on any atom is 0.417 e. The lowest BCUT2D eigenvalue weighted by Crippen LogP contribution is -2.48. The Labute approximate surface area is 225 Å². The molecule has 0 spiro atoms. The first kappa shape index (κ1) is 27.6. The van der Waals surface area contributed by atoms with Crippen LogP contribution in [0.15, 0.2) is 24.4 Å². The number of carbonyl (C=O) groups excluding carboxylic acids is 1. The number of alkyl halides is 3. The summed E-state index contributed by atoms with van der Waals surface area (Å²) >= 11 is 0. The van der Waals surface area contributed by atoms with Crippen molar-refractivity contribution in [2.24, 2.45) is 23.2 Å². The fraction of sp³-hybridized carbons (Fsp3) is 0.733. The molecular formula is C30H43F3N4O. The van der Waals surface area contributed by atoms with Gasteiger partial charge in [-0.2, -0.15) is 13.2 Å². The second-order valence-electron chi connectivity index (χ2n) is 12.8. The van der Waals surface area contributed by atoms with Crippen molar-refractivity contribution in [1.29, 1.82) is 0 Å². The average Bonchev–Trinajstić information content (AvgIpc) is 3.30. The van der Waals surface area contributed by atoms with E-state index in [1.54, 1.807) is 0 Å². The van der Waals surface area contributed by atoms with Crippen LogP contribution in [0, 0.1) is 23.2 Å². The molecule has 1 aromatic rings. The minimum absolute atomic E-state index is 0.129. The highest BCUT2D eigenvalue weighted by atomic mass is 19.4. The predicted octanol–water partition coefficient (Wildman–Crippen LogP) is 5.40. The number of likely N-dealkylation sites (N-methyl/N-ethyl adjacent to an activating group) is 1. The zero-order valence-electron chi connectivity index (χ0n) is 23.1. The van der Waals surface area contributed by atoms with Crippen molar-refractivity contribution in [1.82, 2.24) is 19.7 Å². The number of hydrogen-bond acceptors (Lipinski definition) is 4. The molecule has 1 aromatic heterocycles. The van der Waals surface area contributed by atoms with Crippen molar-refractivity contribution in [3.05, 3.63) is 41.2 Å². The van der Waals surface area contributed by atoms with Gasteiger partial charge in [-0.15, -0.1) is 0 Å². The van der Waals surface area contributed by atoms with Crippen molar-refractivity contribution in [2.45, 2.75) is 77.6 Å². The third-order valence-electron chi connectivity index (χ3n) is 9.57. The lowest BCUT2D eigenvalue weighted by atomic mass is 9.75. The summed E-state index contributed by atoms with van der Waals surface area (Å²) in [7, 11) is 2.23. The summed E-state index contributed by atoms with van der Waals surface area (Å²) in [4.78, 5) is 25.0. The molecule has 210 valence electrons. The van der Waals surface area contributed by atoms with Crippen LogP contribution in [0.2, 0.25) is 0 Å². The van der Waals surface area contributed by atoms with E-state index in [4.69, 9.17) is 0 Å². The topological polar surface area (TPSA) is 39.7 Å². The smallest absolute Gasteiger partial charge is 0.337 e. The Hall–Kier alpha value is -1.93. The first-order valence-electron chi connectivity index (χ1n) is 14.5. The molecule has 4 atom stereocenters. The summed E-state index contributed by atoms with van der Waals surface area (Å²) in [6.07, 6.45) is 8.07. The second kappa shape index (κ2) is 10.9. The van der Waals surface area contributed by atoms with Crippen LogP contribution in [-0.2, 0) is 23.9 Å². The molecule has 1 saturated heterocycles. The number of pyridine rings is 1. The minimum atomic E-state index is -4.43. The van der Waals surface area contributed by atoms with E-state index >= 15 is 0 Å². The number of likely N-dealkylation sites (tertiary alicyclic amines) is 1. The Morgan fingerprint density at radius 3 is 2.82 bits per heavy atom. The van der Waals surface area contributed by atoms with E-state index in [1.807, 2.05) is 4.90 Å². The quantitative estimate of drug-likeness (QED) is 0.460. The molecule has 1 saturated carbocycles. The van der Waals surface area contributed by atoms with E-state index < -0.39 is 17.2 Å². The van der Waals surface area contributed by atoms with Crippen molar-refractivity contribution < 1.29 is 18.0 Å². The number of hydrogen-bond donors (Lipinski definition) is 0. The highest BCUT2D eigenvalue weighted by Crippen LogP contribution is 2.42. The number of amides is 1. The van der Waals surface area contributed by atoms with E-state index in [2.05, 4.69) is 47.8 Å². The summed E-state index contributed by atoms with van der Waals surface area (Å²) in [5.74, 6) is 1.91. The summed E-state index contributed by atoms with van der Waals surface area (Å²) in [6, 6.07) is 1.85. The summed E-state index contributed by atoms with van der Waals surface area (Å²) in [6.45, 7) is 8.92. The zero-order valence-corrected chi connectivity index (χ0v) is 23.1. The maximum absolute atomic E-state index is 14.1. The standard InChI is InChI=1S/C30H43F3N4O/c1-21(2)8-10-29(28(38)37-13-9-26-24(19-37)16-25(17-34-26)30(31,32)33)11-14-36(20-29)18-22-6-7-27-23(15-22)5-4-12-35(27)3/h4-5,16-17,21-23,27H,6-15,18-20H2,1-3H3. The van der Waals surface area contributed by atoms with Crippen LogP contribution in [0.25, 0.3) is 0 Å².